The van der Waals surface area contributed by atoms with E-state index in [-0.39, 0.29) is 17.3 Å². The molecule has 0 bridgehead atoms. The third kappa shape index (κ3) is 2.83. The Kier molecular flexibility index (Phi) is 3.62. The Labute approximate surface area is 109 Å². The van der Waals surface area contributed by atoms with Crippen molar-refractivity contribution in [2.24, 2.45) is 11.1 Å². The second-order valence-corrected chi connectivity index (χ2v) is 6.19. The van der Waals surface area contributed by atoms with Crippen molar-refractivity contribution in [1.82, 2.24) is 0 Å². The lowest BCUT2D eigenvalue weighted by atomic mass is 9.84. The third-order valence-corrected chi connectivity index (χ3v) is 3.74. The molecule has 1 fully saturated rings. The second-order valence-electron chi connectivity index (χ2n) is 6.19. The predicted octanol–water partition coefficient (Wildman–Crippen LogP) is 3.47. The van der Waals surface area contributed by atoms with E-state index in [2.05, 4.69) is 18.7 Å². The van der Waals surface area contributed by atoms with Gasteiger partial charge in [-0.25, -0.2) is 4.39 Å². The molecule has 18 heavy (non-hydrogen) atoms. The van der Waals surface area contributed by atoms with Crippen LogP contribution in [0.1, 0.15) is 45.2 Å². The molecule has 1 atom stereocenters. The molecule has 2 nitrogen and oxygen atoms in total. The Morgan fingerprint density at radius 3 is 2.67 bits per heavy atom. The smallest absolute Gasteiger partial charge is 0.146 e. The first kappa shape index (κ1) is 13.3. The van der Waals surface area contributed by atoms with Gasteiger partial charge in [-0.3, -0.25) is 0 Å². The van der Waals surface area contributed by atoms with Gasteiger partial charge < -0.3 is 10.6 Å². The van der Waals surface area contributed by atoms with Crippen LogP contribution in [0.4, 0.5) is 10.1 Å². The fourth-order valence-electron chi connectivity index (χ4n) is 2.69. The molecule has 0 unspecified atom stereocenters. The summed E-state index contributed by atoms with van der Waals surface area (Å²) in [5, 5.41) is 0. The predicted molar refractivity (Wildman–Crippen MR) is 74.2 cm³/mol. The van der Waals surface area contributed by atoms with Crippen LogP contribution in [-0.4, -0.2) is 13.1 Å². The van der Waals surface area contributed by atoms with Gasteiger partial charge in [-0.1, -0.05) is 19.9 Å². The Morgan fingerprint density at radius 1 is 1.39 bits per heavy atom. The summed E-state index contributed by atoms with van der Waals surface area (Å²) >= 11 is 0. The number of nitrogens with two attached hydrogens (primary N) is 1. The van der Waals surface area contributed by atoms with E-state index in [1.807, 2.05) is 19.1 Å². The molecule has 2 N–H and O–H groups in total. The summed E-state index contributed by atoms with van der Waals surface area (Å²) in [6.45, 7) is 8.22. The van der Waals surface area contributed by atoms with E-state index < -0.39 is 0 Å². The molecule has 1 heterocycles. The first-order valence-corrected chi connectivity index (χ1v) is 6.69. The fourth-order valence-corrected chi connectivity index (χ4v) is 2.69. The minimum atomic E-state index is -0.150. The number of halogens is 1. The van der Waals surface area contributed by atoms with Gasteiger partial charge >= 0.3 is 0 Å². The lowest BCUT2D eigenvalue weighted by molar-refractivity contribution is 0.292. The van der Waals surface area contributed by atoms with Crippen LogP contribution in [0.5, 0.6) is 0 Å². The molecule has 0 aliphatic carbocycles. The lowest BCUT2D eigenvalue weighted by Crippen LogP contribution is -2.40. The molecule has 0 saturated carbocycles. The molecular weight excluding hydrogens is 227 g/mol. The minimum absolute atomic E-state index is 0.119. The normalized spacial score (nSPS) is 20.8. The molecule has 1 aliphatic heterocycles. The SMILES string of the molecule is C[C@H](N)c1ccc(N2CCCC(C)(C)C2)c(F)c1. The molecule has 0 radical (unpaired) electrons. The van der Waals surface area contributed by atoms with E-state index in [1.165, 1.54) is 6.42 Å². The summed E-state index contributed by atoms with van der Waals surface area (Å²) in [6, 6.07) is 5.26. The fraction of sp³-hybridized carbons (Fsp3) is 0.600. The van der Waals surface area contributed by atoms with Crippen LogP contribution < -0.4 is 10.6 Å². The second kappa shape index (κ2) is 4.88. The standard InChI is InChI=1S/C15H23FN2/c1-11(17)12-5-6-14(13(16)9-12)18-8-4-7-15(2,3)10-18/h5-6,9,11H,4,7-8,10,17H2,1-3H3/t11-/m0/s1. The topological polar surface area (TPSA) is 29.3 Å². The Balaban J connectivity index is 2.23. The highest BCUT2D eigenvalue weighted by molar-refractivity contribution is 5.50. The zero-order valence-corrected chi connectivity index (χ0v) is 11.5. The molecule has 1 saturated heterocycles. The number of piperidine rings is 1. The zero-order chi connectivity index (χ0) is 13.3. The van der Waals surface area contributed by atoms with E-state index in [0.717, 1.165) is 25.1 Å². The van der Waals surface area contributed by atoms with Gasteiger partial charge in [-0.05, 0) is 42.9 Å². The van der Waals surface area contributed by atoms with Crippen molar-refractivity contribution in [3.05, 3.63) is 29.6 Å². The molecule has 2 rings (SSSR count). The van der Waals surface area contributed by atoms with E-state index >= 15 is 0 Å². The molecule has 3 heteroatoms. The Morgan fingerprint density at radius 2 is 2.11 bits per heavy atom. The number of nitrogens with zero attached hydrogens (tertiary/aromatic N) is 1. The minimum Gasteiger partial charge on any atom is -0.369 e. The van der Waals surface area contributed by atoms with Gasteiger partial charge in [-0.2, -0.15) is 0 Å². The van der Waals surface area contributed by atoms with Crippen molar-refractivity contribution in [3.8, 4) is 0 Å². The van der Waals surface area contributed by atoms with E-state index in [1.54, 1.807) is 6.07 Å². The van der Waals surface area contributed by atoms with Crippen LogP contribution in [0.15, 0.2) is 18.2 Å². The van der Waals surface area contributed by atoms with Crippen molar-refractivity contribution in [1.29, 1.82) is 0 Å². The molecule has 0 spiro atoms. The maximum absolute atomic E-state index is 14.1. The lowest BCUT2D eigenvalue weighted by Gasteiger charge is -2.39. The molecule has 0 amide bonds. The highest BCUT2D eigenvalue weighted by Gasteiger charge is 2.27. The van der Waals surface area contributed by atoms with Gasteiger partial charge in [-0.15, -0.1) is 0 Å². The van der Waals surface area contributed by atoms with E-state index in [0.29, 0.717) is 5.69 Å². The van der Waals surface area contributed by atoms with Crippen molar-refractivity contribution in [2.45, 2.75) is 39.7 Å². The number of rotatable bonds is 2. The van der Waals surface area contributed by atoms with Crippen molar-refractivity contribution in [3.63, 3.8) is 0 Å². The summed E-state index contributed by atoms with van der Waals surface area (Å²) in [5.41, 5.74) is 7.61. The molecule has 100 valence electrons. The first-order valence-electron chi connectivity index (χ1n) is 6.69. The first-order chi connectivity index (χ1) is 8.39. The maximum Gasteiger partial charge on any atom is 0.146 e. The molecule has 1 aromatic carbocycles. The highest BCUT2D eigenvalue weighted by atomic mass is 19.1. The number of hydrogen-bond donors (Lipinski definition) is 1. The van der Waals surface area contributed by atoms with E-state index in [9.17, 15) is 4.39 Å². The van der Waals surface area contributed by atoms with Gasteiger partial charge in [0.15, 0.2) is 0 Å². The zero-order valence-electron chi connectivity index (χ0n) is 11.5. The summed E-state index contributed by atoms with van der Waals surface area (Å²) in [5.74, 6) is -0.150. The number of hydrogen-bond acceptors (Lipinski definition) is 2. The monoisotopic (exact) mass is 250 g/mol. The van der Waals surface area contributed by atoms with Crippen LogP contribution in [0.25, 0.3) is 0 Å². The van der Waals surface area contributed by atoms with Gasteiger partial charge in [0, 0.05) is 19.1 Å². The van der Waals surface area contributed by atoms with Crippen LogP contribution in [0, 0.1) is 11.2 Å². The number of anilines is 1. The van der Waals surface area contributed by atoms with E-state index in [4.69, 9.17) is 5.73 Å². The average Bonchev–Trinajstić information content (AvgIpc) is 2.27. The quantitative estimate of drug-likeness (QED) is 0.870. The van der Waals surface area contributed by atoms with Gasteiger partial charge in [0.05, 0.1) is 5.69 Å². The summed E-state index contributed by atoms with van der Waals surface area (Å²) < 4.78 is 14.1. The third-order valence-electron chi connectivity index (χ3n) is 3.74. The molecule has 1 aliphatic rings. The maximum atomic E-state index is 14.1. The van der Waals surface area contributed by atoms with Crippen LogP contribution in [-0.2, 0) is 0 Å². The van der Waals surface area contributed by atoms with Gasteiger partial charge in [0.25, 0.3) is 0 Å². The summed E-state index contributed by atoms with van der Waals surface area (Å²) in [7, 11) is 0. The van der Waals surface area contributed by atoms with Crippen molar-refractivity contribution >= 4 is 5.69 Å². The Bertz CT molecular complexity index is 427. The highest BCUT2D eigenvalue weighted by Crippen LogP contribution is 2.33. The van der Waals surface area contributed by atoms with Crippen molar-refractivity contribution in [2.75, 3.05) is 18.0 Å². The van der Waals surface area contributed by atoms with Crippen LogP contribution in [0.3, 0.4) is 0 Å². The average molecular weight is 250 g/mol. The molecular formula is C15H23FN2. The largest absolute Gasteiger partial charge is 0.369 e. The van der Waals surface area contributed by atoms with Gasteiger partial charge in [0.2, 0.25) is 0 Å². The number of benzene rings is 1. The summed E-state index contributed by atoms with van der Waals surface area (Å²) in [4.78, 5) is 2.16. The van der Waals surface area contributed by atoms with Gasteiger partial charge in [0.1, 0.15) is 5.82 Å². The van der Waals surface area contributed by atoms with Crippen LogP contribution in [0.2, 0.25) is 0 Å². The van der Waals surface area contributed by atoms with Crippen molar-refractivity contribution < 1.29 is 4.39 Å². The van der Waals surface area contributed by atoms with Crippen LogP contribution >= 0.6 is 0 Å². The molecule has 1 aromatic rings. The summed E-state index contributed by atoms with van der Waals surface area (Å²) in [6.07, 6.45) is 2.34. The Hall–Kier alpha value is -1.09. The molecule has 0 aromatic heterocycles.